The maximum atomic E-state index is 11.8. The topological polar surface area (TPSA) is 93.2 Å². The molecule has 0 saturated heterocycles. The molecule has 0 fully saturated rings. The second kappa shape index (κ2) is 11.7. The van der Waals surface area contributed by atoms with Crippen LogP contribution in [0.1, 0.15) is 0 Å². The maximum Gasteiger partial charge on any atom is 0.258 e. The Balaban J connectivity index is 0.000000477. The summed E-state index contributed by atoms with van der Waals surface area (Å²) in [7, 11) is 0. The van der Waals surface area contributed by atoms with Gasteiger partial charge in [0.25, 0.3) is 23.6 Å². The molecule has 2 heterocycles. The van der Waals surface area contributed by atoms with E-state index in [1.54, 1.807) is 72.8 Å². The monoisotopic (exact) mass is 530 g/mol. The second-order valence-corrected chi connectivity index (χ2v) is 8.51. The third kappa shape index (κ3) is 6.03. The Kier molecular flexibility index (Phi) is 7.60. The number of benzene rings is 4. The van der Waals surface area contributed by atoms with Crippen molar-refractivity contribution in [3.63, 3.8) is 0 Å². The van der Waals surface area contributed by atoms with Crippen LogP contribution in [0.4, 0.5) is 11.4 Å². The fourth-order valence-electron chi connectivity index (χ4n) is 3.89. The number of imide groups is 2. The Morgan fingerprint density at radius 3 is 1.02 bits per heavy atom. The maximum absolute atomic E-state index is 11.8. The van der Waals surface area contributed by atoms with E-state index in [-0.39, 0.29) is 23.6 Å². The molecular formula is C32H22N2O6. The third-order valence-electron chi connectivity index (χ3n) is 5.75. The van der Waals surface area contributed by atoms with Crippen LogP contribution in [0.3, 0.4) is 0 Å². The largest absolute Gasteiger partial charge is 0.457 e. The van der Waals surface area contributed by atoms with Crippen molar-refractivity contribution in [2.75, 3.05) is 9.80 Å². The zero-order chi connectivity index (χ0) is 27.9. The quantitative estimate of drug-likeness (QED) is 0.292. The molecule has 0 unspecified atom stereocenters. The molecule has 2 aliphatic rings. The molecule has 4 aromatic rings. The first kappa shape index (κ1) is 25.9. The minimum atomic E-state index is -0.383. The van der Waals surface area contributed by atoms with Crippen molar-refractivity contribution >= 4 is 35.0 Å². The number of amides is 4. The van der Waals surface area contributed by atoms with Gasteiger partial charge in [-0.1, -0.05) is 42.5 Å². The van der Waals surface area contributed by atoms with Crippen LogP contribution in [0, 0.1) is 0 Å². The fourth-order valence-corrected chi connectivity index (χ4v) is 3.89. The van der Waals surface area contributed by atoms with Gasteiger partial charge in [-0.3, -0.25) is 19.2 Å². The van der Waals surface area contributed by atoms with Gasteiger partial charge in [-0.05, 0) is 60.7 Å². The van der Waals surface area contributed by atoms with E-state index >= 15 is 0 Å². The normalized spacial score (nSPS) is 13.9. The summed E-state index contributed by atoms with van der Waals surface area (Å²) in [6.45, 7) is 0. The van der Waals surface area contributed by atoms with Gasteiger partial charge in [0.05, 0.1) is 11.4 Å². The molecule has 0 atom stereocenters. The number of carbonyl (C=O) groups excluding carboxylic acids is 4. The molecule has 8 heteroatoms. The molecule has 0 spiro atoms. The average molecular weight is 531 g/mol. The molecule has 0 N–H and O–H groups in total. The Morgan fingerprint density at radius 2 is 0.700 bits per heavy atom. The lowest BCUT2D eigenvalue weighted by atomic mass is 10.2. The lowest BCUT2D eigenvalue weighted by Gasteiger charge is -2.15. The van der Waals surface area contributed by atoms with E-state index in [9.17, 15) is 19.2 Å². The number of anilines is 2. The van der Waals surface area contributed by atoms with E-state index in [1.807, 2.05) is 36.4 Å². The van der Waals surface area contributed by atoms with Crippen molar-refractivity contribution < 1.29 is 28.7 Å². The molecule has 40 heavy (non-hydrogen) atoms. The summed E-state index contributed by atoms with van der Waals surface area (Å²) < 4.78 is 11.7. The van der Waals surface area contributed by atoms with E-state index in [0.717, 1.165) is 9.80 Å². The molecular weight excluding hydrogens is 508 g/mol. The molecule has 2 aliphatic heterocycles. The first-order chi connectivity index (χ1) is 19.5. The molecule has 196 valence electrons. The molecule has 0 aromatic heterocycles. The van der Waals surface area contributed by atoms with E-state index in [4.69, 9.17) is 9.47 Å². The van der Waals surface area contributed by atoms with Crippen molar-refractivity contribution in [2.24, 2.45) is 0 Å². The standard InChI is InChI=1S/C26H16N2O6.C6H6/c29-23-12-13-24(30)27(23)17-4-8-19(9-5-17)33-21-2-1-3-22(16-21)34-20-10-6-18(7-11-20)28-25(31)14-15-26(28)32;1-2-4-6-5-3-1/h1-16H;1-6H. The van der Waals surface area contributed by atoms with Crippen LogP contribution >= 0.6 is 0 Å². The molecule has 0 aliphatic carbocycles. The summed E-state index contributed by atoms with van der Waals surface area (Å²) in [6, 6.07) is 32.2. The first-order valence-electron chi connectivity index (χ1n) is 12.3. The minimum Gasteiger partial charge on any atom is -0.457 e. The van der Waals surface area contributed by atoms with Crippen molar-refractivity contribution in [3.05, 3.63) is 133 Å². The zero-order valence-electron chi connectivity index (χ0n) is 21.0. The second-order valence-electron chi connectivity index (χ2n) is 8.51. The lowest BCUT2D eigenvalue weighted by Crippen LogP contribution is -2.29. The minimum absolute atomic E-state index is 0.383. The molecule has 0 saturated carbocycles. The first-order valence-corrected chi connectivity index (χ1v) is 12.3. The van der Waals surface area contributed by atoms with Crippen LogP contribution in [0.25, 0.3) is 0 Å². The number of rotatable bonds is 6. The Labute approximate surface area is 230 Å². The number of nitrogens with zero attached hydrogens (tertiary/aromatic N) is 2. The highest BCUT2D eigenvalue weighted by Gasteiger charge is 2.25. The van der Waals surface area contributed by atoms with Gasteiger partial charge in [0, 0.05) is 30.4 Å². The van der Waals surface area contributed by atoms with Gasteiger partial charge in [0.1, 0.15) is 23.0 Å². The highest BCUT2D eigenvalue weighted by molar-refractivity contribution is 6.28. The number of ether oxygens (including phenoxy) is 2. The zero-order valence-corrected chi connectivity index (χ0v) is 21.0. The van der Waals surface area contributed by atoms with Gasteiger partial charge < -0.3 is 9.47 Å². The lowest BCUT2D eigenvalue weighted by molar-refractivity contribution is -0.121. The third-order valence-corrected chi connectivity index (χ3v) is 5.75. The van der Waals surface area contributed by atoms with Crippen molar-refractivity contribution in [3.8, 4) is 23.0 Å². The predicted molar refractivity (Wildman–Crippen MR) is 149 cm³/mol. The highest BCUT2D eigenvalue weighted by Crippen LogP contribution is 2.31. The average Bonchev–Trinajstić information content (AvgIpc) is 3.50. The molecule has 4 aromatic carbocycles. The van der Waals surface area contributed by atoms with Crippen molar-refractivity contribution in [1.29, 1.82) is 0 Å². The number of hydrogen-bond acceptors (Lipinski definition) is 6. The van der Waals surface area contributed by atoms with Crippen LogP contribution in [-0.2, 0) is 19.2 Å². The van der Waals surface area contributed by atoms with E-state index in [1.165, 1.54) is 24.3 Å². The molecule has 4 amide bonds. The van der Waals surface area contributed by atoms with Crippen LogP contribution in [-0.4, -0.2) is 23.6 Å². The van der Waals surface area contributed by atoms with Gasteiger partial charge in [-0.2, -0.15) is 0 Å². The Bertz CT molecular complexity index is 1440. The van der Waals surface area contributed by atoms with Gasteiger partial charge in [0.15, 0.2) is 0 Å². The molecule has 8 nitrogen and oxygen atoms in total. The molecule has 0 bridgehead atoms. The Hall–Kier alpha value is -5.76. The molecule has 6 rings (SSSR count). The van der Waals surface area contributed by atoms with Crippen molar-refractivity contribution in [1.82, 2.24) is 0 Å². The van der Waals surface area contributed by atoms with Crippen LogP contribution < -0.4 is 19.3 Å². The highest BCUT2D eigenvalue weighted by atomic mass is 16.5. The summed E-state index contributed by atoms with van der Waals surface area (Å²) in [5.41, 5.74) is 0.919. The van der Waals surface area contributed by atoms with Gasteiger partial charge in [-0.25, -0.2) is 9.80 Å². The van der Waals surface area contributed by atoms with E-state index in [0.29, 0.717) is 34.4 Å². The molecule has 0 radical (unpaired) electrons. The summed E-state index contributed by atoms with van der Waals surface area (Å²) in [5, 5.41) is 0. The van der Waals surface area contributed by atoms with E-state index < -0.39 is 0 Å². The van der Waals surface area contributed by atoms with E-state index in [2.05, 4.69) is 0 Å². The summed E-state index contributed by atoms with van der Waals surface area (Å²) >= 11 is 0. The summed E-state index contributed by atoms with van der Waals surface area (Å²) in [6.07, 6.45) is 4.92. The number of hydrogen-bond donors (Lipinski definition) is 0. The fraction of sp³-hybridized carbons (Fsp3) is 0. The van der Waals surface area contributed by atoms with Crippen LogP contribution in [0.2, 0.25) is 0 Å². The van der Waals surface area contributed by atoms with Crippen LogP contribution in [0.15, 0.2) is 133 Å². The predicted octanol–water partition coefficient (Wildman–Crippen LogP) is 5.82. The summed E-state index contributed by atoms with van der Waals surface area (Å²) in [5.74, 6) is 0.557. The summed E-state index contributed by atoms with van der Waals surface area (Å²) in [4.78, 5) is 49.4. The van der Waals surface area contributed by atoms with Gasteiger partial charge >= 0.3 is 0 Å². The SMILES string of the molecule is O=C1C=CC(=O)N1c1ccc(Oc2cccc(Oc3ccc(N4C(=O)C=CC4=O)cc3)c2)cc1.c1ccccc1. The van der Waals surface area contributed by atoms with Crippen molar-refractivity contribution in [2.45, 2.75) is 0 Å². The van der Waals surface area contributed by atoms with Crippen LogP contribution in [0.5, 0.6) is 23.0 Å². The van der Waals surface area contributed by atoms with Gasteiger partial charge in [-0.15, -0.1) is 0 Å². The smallest absolute Gasteiger partial charge is 0.258 e. The van der Waals surface area contributed by atoms with Gasteiger partial charge in [0.2, 0.25) is 0 Å². The number of carbonyl (C=O) groups is 4. The Morgan fingerprint density at radius 1 is 0.375 bits per heavy atom.